The summed E-state index contributed by atoms with van der Waals surface area (Å²) in [6.45, 7) is 2.01. The van der Waals surface area contributed by atoms with Crippen molar-refractivity contribution in [2.24, 2.45) is 0 Å². The molecule has 86 valence electrons. The van der Waals surface area contributed by atoms with E-state index < -0.39 is 0 Å². The Morgan fingerprint density at radius 3 is 2.69 bits per heavy atom. The third kappa shape index (κ3) is 2.76. The van der Waals surface area contributed by atoms with Crippen molar-refractivity contribution in [3.8, 4) is 0 Å². The second kappa shape index (κ2) is 5.55. The number of nitrogen functional groups attached to an aromatic ring is 1. The molecular formula is C11H13BrN2O2. The van der Waals surface area contributed by atoms with Crippen LogP contribution in [0.3, 0.4) is 0 Å². The van der Waals surface area contributed by atoms with E-state index in [1.807, 2.05) is 19.1 Å². The normalized spacial score (nSPS) is 9.44. The molecule has 5 heteroatoms. The third-order valence-electron chi connectivity index (χ3n) is 2.00. The topological polar surface area (TPSA) is 68.3 Å². The van der Waals surface area contributed by atoms with Crippen molar-refractivity contribution in [2.75, 3.05) is 12.8 Å². The van der Waals surface area contributed by atoms with Crippen LogP contribution in [0.4, 0.5) is 5.69 Å². The number of furan rings is 1. The molecule has 16 heavy (non-hydrogen) atoms. The first-order valence-corrected chi connectivity index (χ1v) is 5.43. The summed E-state index contributed by atoms with van der Waals surface area (Å²) in [6.07, 6.45) is 2.36. The minimum absolute atomic E-state index is 0.625. The van der Waals surface area contributed by atoms with Crippen LogP contribution < -0.4 is 11.1 Å². The molecule has 0 bridgehead atoms. The molecule has 0 aliphatic rings. The Labute approximate surface area is 102 Å². The molecule has 0 aliphatic carbocycles. The number of carbonyl (C=O) groups is 1. The van der Waals surface area contributed by atoms with Gasteiger partial charge in [-0.3, -0.25) is 4.79 Å². The lowest BCUT2D eigenvalue weighted by molar-refractivity contribution is -0.109. The lowest BCUT2D eigenvalue weighted by Gasteiger charge is -1.96. The van der Waals surface area contributed by atoms with Crippen LogP contribution in [-0.2, 0) is 4.79 Å². The van der Waals surface area contributed by atoms with E-state index in [0.717, 1.165) is 21.0 Å². The van der Waals surface area contributed by atoms with Crippen LogP contribution in [0.5, 0.6) is 0 Å². The molecule has 2 rings (SSSR count). The molecule has 3 N–H and O–H groups in total. The van der Waals surface area contributed by atoms with E-state index >= 15 is 0 Å². The number of hydrogen-bond acceptors (Lipinski definition) is 3. The van der Waals surface area contributed by atoms with Gasteiger partial charge in [-0.05, 0) is 34.5 Å². The minimum Gasteiger partial charge on any atom is -0.464 e. The summed E-state index contributed by atoms with van der Waals surface area (Å²) in [5, 5.41) is 3.36. The fourth-order valence-corrected chi connectivity index (χ4v) is 1.53. The van der Waals surface area contributed by atoms with E-state index in [2.05, 4.69) is 21.2 Å². The molecule has 4 nitrogen and oxygen atoms in total. The Morgan fingerprint density at radius 2 is 2.12 bits per heavy atom. The Bertz CT molecular complexity index is 494. The zero-order valence-electron chi connectivity index (χ0n) is 9.08. The van der Waals surface area contributed by atoms with Crippen molar-refractivity contribution in [1.82, 2.24) is 5.32 Å². The summed E-state index contributed by atoms with van der Waals surface area (Å²) in [4.78, 5) is 9.06. The smallest absolute Gasteiger partial charge is 0.206 e. The maximum atomic E-state index is 9.06. The summed E-state index contributed by atoms with van der Waals surface area (Å²) in [5.74, 6) is 0. The average Bonchev–Trinajstić information content (AvgIpc) is 2.62. The molecule has 0 radical (unpaired) electrons. The van der Waals surface area contributed by atoms with Crippen molar-refractivity contribution in [1.29, 1.82) is 0 Å². The highest BCUT2D eigenvalue weighted by Gasteiger charge is 2.04. The fourth-order valence-electron chi connectivity index (χ4n) is 1.19. The van der Waals surface area contributed by atoms with E-state index in [0.29, 0.717) is 12.1 Å². The van der Waals surface area contributed by atoms with E-state index in [1.54, 1.807) is 13.3 Å². The maximum Gasteiger partial charge on any atom is 0.206 e. The van der Waals surface area contributed by atoms with Gasteiger partial charge in [-0.2, -0.15) is 0 Å². The molecule has 0 spiro atoms. The summed E-state index contributed by atoms with van der Waals surface area (Å²) >= 11 is 3.37. The van der Waals surface area contributed by atoms with Gasteiger partial charge >= 0.3 is 0 Å². The predicted octanol–water partition coefficient (Wildman–Crippen LogP) is 2.45. The molecule has 0 saturated carbocycles. The monoisotopic (exact) mass is 284 g/mol. The first-order chi connectivity index (χ1) is 7.60. The first kappa shape index (κ1) is 12.6. The van der Waals surface area contributed by atoms with E-state index in [1.165, 1.54) is 0 Å². The number of rotatable bonds is 1. The number of aryl methyl sites for hydroxylation is 1. The number of amides is 1. The zero-order chi connectivity index (χ0) is 12.1. The highest BCUT2D eigenvalue weighted by atomic mass is 79.9. The molecule has 1 amide bonds. The Morgan fingerprint density at radius 1 is 1.50 bits per heavy atom. The lowest BCUT2D eigenvalue weighted by atomic mass is 10.2. The SMILES string of the molecule is CNC=O.Cc1coc2cc(N)c(Br)cc12. The maximum absolute atomic E-state index is 9.06. The average molecular weight is 285 g/mol. The Hall–Kier alpha value is -1.49. The molecule has 1 aromatic carbocycles. The van der Waals surface area contributed by atoms with Crippen molar-refractivity contribution in [2.45, 2.75) is 6.92 Å². The van der Waals surface area contributed by atoms with E-state index in [-0.39, 0.29) is 0 Å². The number of carbonyl (C=O) groups excluding carboxylic acids is 1. The quantitative estimate of drug-likeness (QED) is 0.624. The molecule has 0 unspecified atom stereocenters. The summed E-state index contributed by atoms with van der Waals surface area (Å²) in [6, 6.07) is 3.80. The number of halogens is 1. The Balaban J connectivity index is 0.000000280. The number of nitrogens with one attached hydrogen (secondary N) is 1. The van der Waals surface area contributed by atoms with Crippen LogP contribution in [0.1, 0.15) is 5.56 Å². The van der Waals surface area contributed by atoms with Crippen molar-refractivity contribution < 1.29 is 9.21 Å². The summed E-state index contributed by atoms with van der Waals surface area (Å²) < 4.78 is 6.20. The zero-order valence-corrected chi connectivity index (χ0v) is 10.7. The lowest BCUT2D eigenvalue weighted by Crippen LogP contribution is -1.98. The van der Waals surface area contributed by atoms with Crippen LogP contribution in [0, 0.1) is 6.92 Å². The van der Waals surface area contributed by atoms with Crippen LogP contribution in [0.15, 0.2) is 27.3 Å². The van der Waals surface area contributed by atoms with Gasteiger partial charge in [0.2, 0.25) is 6.41 Å². The number of benzene rings is 1. The standard InChI is InChI=1S/C9H8BrNO.C2H5NO/c1-5-4-12-9-3-8(11)7(10)2-6(5)9;1-3-2-4/h2-4H,11H2,1H3;2H,1H3,(H,3,4). The third-order valence-corrected chi connectivity index (χ3v) is 2.69. The van der Waals surface area contributed by atoms with Crippen LogP contribution in [0.2, 0.25) is 0 Å². The van der Waals surface area contributed by atoms with Gasteiger partial charge < -0.3 is 15.5 Å². The van der Waals surface area contributed by atoms with Crippen molar-refractivity contribution >= 4 is 39.0 Å². The minimum atomic E-state index is 0.625. The number of hydrogen-bond donors (Lipinski definition) is 2. The van der Waals surface area contributed by atoms with Gasteiger partial charge in [0.15, 0.2) is 0 Å². The highest BCUT2D eigenvalue weighted by molar-refractivity contribution is 9.10. The Kier molecular flexibility index (Phi) is 4.37. The van der Waals surface area contributed by atoms with Crippen LogP contribution in [0.25, 0.3) is 11.0 Å². The fraction of sp³-hybridized carbons (Fsp3) is 0.182. The van der Waals surface area contributed by atoms with Gasteiger partial charge in [0.05, 0.1) is 6.26 Å². The molecule has 0 fully saturated rings. The van der Waals surface area contributed by atoms with Crippen molar-refractivity contribution in [3.05, 3.63) is 28.4 Å². The molecule has 2 aromatic rings. The molecular weight excluding hydrogens is 272 g/mol. The van der Waals surface area contributed by atoms with Gasteiger partial charge in [-0.1, -0.05) is 0 Å². The molecule has 0 atom stereocenters. The highest BCUT2D eigenvalue weighted by Crippen LogP contribution is 2.29. The van der Waals surface area contributed by atoms with Gasteiger partial charge in [0.25, 0.3) is 0 Å². The van der Waals surface area contributed by atoms with E-state index in [9.17, 15) is 0 Å². The van der Waals surface area contributed by atoms with Gasteiger partial charge in [0.1, 0.15) is 5.58 Å². The van der Waals surface area contributed by atoms with Crippen LogP contribution >= 0.6 is 15.9 Å². The molecule has 0 aliphatic heterocycles. The number of nitrogens with two attached hydrogens (primary N) is 1. The largest absolute Gasteiger partial charge is 0.464 e. The number of anilines is 1. The van der Waals surface area contributed by atoms with Gasteiger partial charge in [-0.25, -0.2) is 0 Å². The van der Waals surface area contributed by atoms with Crippen molar-refractivity contribution in [3.63, 3.8) is 0 Å². The number of fused-ring (bicyclic) bond motifs is 1. The first-order valence-electron chi connectivity index (χ1n) is 4.64. The van der Waals surface area contributed by atoms with Crippen LogP contribution in [-0.4, -0.2) is 13.5 Å². The van der Waals surface area contributed by atoms with Gasteiger partial charge in [0, 0.05) is 28.7 Å². The molecule has 1 heterocycles. The molecule has 0 saturated heterocycles. The molecule has 1 aromatic heterocycles. The summed E-state index contributed by atoms with van der Waals surface area (Å²) in [7, 11) is 1.56. The second-order valence-corrected chi connectivity index (χ2v) is 4.05. The summed E-state index contributed by atoms with van der Waals surface area (Å²) in [5.41, 5.74) is 8.36. The van der Waals surface area contributed by atoms with Gasteiger partial charge in [-0.15, -0.1) is 0 Å². The predicted molar refractivity (Wildman–Crippen MR) is 68.2 cm³/mol. The second-order valence-electron chi connectivity index (χ2n) is 3.20. The van der Waals surface area contributed by atoms with E-state index in [4.69, 9.17) is 14.9 Å².